The first-order chi connectivity index (χ1) is 15.4. The molecule has 1 aromatic heterocycles. The second-order valence-corrected chi connectivity index (χ2v) is 8.08. The highest BCUT2D eigenvalue weighted by Gasteiger charge is 2.19. The first-order valence-electron chi connectivity index (χ1n) is 10.9. The molecule has 0 atom stereocenters. The molecule has 0 unspecified atom stereocenters. The number of benzene rings is 1. The summed E-state index contributed by atoms with van der Waals surface area (Å²) in [5.74, 6) is 19.2. The third-order valence-corrected chi connectivity index (χ3v) is 5.64. The minimum atomic E-state index is 0.185. The number of ether oxygens (including phenoxy) is 1. The first kappa shape index (κ1) is 23.4. The van der Waals surface area contributed by atoms with Crippen LogP contribution in [0.5, 0.6) is 5.75 Å². The van der Waals surface area contributed by atoms with Crippen molar-refractivity contribution < 1.29 is 4.74 Å². The number of nitrogens with zero attached hydrogens (tertiary/aromatic N) is 4. The van der Waals surface area contributed by atoms with Crippen LogP contribution in [0.15, 0.2) is 53.3 Å². The van der Waals surface area contributed by atoms with E-state index in [1.54, 1.807) is 7.05 Å². The van der Waals surface area contributed by atoms with E-state index in [1.165, 1.54) is 29.3 Å². The fourth-order valence-corrected chi connectivity index (χ4v) is 3.86. The number of rotatable bonds is 7. The molecule has 1 heterocycles. The van der Waals surface area contributed by atoms with Gasteiger partial charge in [0.15, 0.2) is 5.84 Å². The van der Waals surface area contributed by atoms with Crippen molar-refractivity contribution in [1.82, 2.24) is 15.0 Å². The number of pyridine rings is 1. The summed E-state index contributed by atoms with van der Waals surface area (Å²) < 4.78 is 6.18. The van der Waals surface area contributed by atoms with Crippen LogP contribution in [-0.2, 0) is 0 Å². The predicted octanol–water partition coefficient (Wildman–Crippen LogP) is 2.03. The number of hydrogen-bond acceptors (Lipinski definition) is 8. The van der Waals surface area contributed by atoms with Gasteiger partial charge in [0.25, 0.3) is 0 Å². The lowest BCUT2D eigenvalue weighted by atomic mass is 9.98. The number of nitrogens with two attached hydrogens (primary N) is 4. The first-order valence-corrected chi connectivity index (χ1v) is 10.9. The van der Waals surface area contributed by atoms with Gasteiger partial charge in [0.2, 0.25) is 0 Å². The summed E-state index contributed by atoms with van der Waals surface area (Å²) in [6.45, 7) is 2.11. The van der Waals surface area contributed by atoms with Crippen LogP contribution in [0, 0.1) is 6.92 Å². The van der Waals surface area contributed by atoms with Gasteiger partial charge in [0, 0.05) is 12.6 Å². The molecule has 0 spiro atoms. The van der Waals surface area contributed by atoms with Gasteiger partial charge in [-0.15, -0.1) is 0 Å². The van der Waals surface area contributed by atoms with E-state index in [0.717, 1.165) is 29.8 Å². The molecular formula is C23H34N8O. The molecule has 1 fully saturated rings. The van der Waals surface area contributed by atoms with Crippen LogP contribution >= 0.6 is 0 Å². The number of aromatic nitrogens is 1. The maximum atomic E-state index is 6.47. The molecule has 8 N–H and O–H groups in total. The van der Waals surface area contributed by atoms with E-state index in [4.69, 9.17) is 28.0 Å². The van der Waals surface area contributed by atoms with E-state index >= 15 is 0 Å². The van der Waals surface area contributed by atoms with Crippen molar-refractivity contribution in [2.45, 2.75) is 45.1 Å². The largest absolute Gasteiger partial charge is 0.489 e. The van der Waals surface area contributed by atoms with E-state index in [-0.39, 0.29) is 12.6 Å². The Labute approximate surface area is 189 Å². The van der Waals surface area contributed by atoms with E-state index in [0.29, 0.717) is 22.9 Å². The van der Waals surface area contributed by atoms with E-state index in [2.05, 4.69) is 10.1 Å². The van der Waals surface area contributed by atoms with Gasteiger partial charge >= 0.3 is 0 Å². The Morgan fingerprint density at radius 1 is 1.09 bits per heavy atom. The summed E-state index contributed by atoms with van der Waals surface area (Å²) in [6, 6.07) is 13.2. The molecule has 32 heavy (non-hydrogen) atoms. The number of hydrogen-bond donors (Lipinski definition) is 4. The summed E-state index contributed by atoms with van der Waals surface area (Å²) in [6.07, 6.45) is 6.14. The number of amidine groups is 1. The van der Waals surface area contributed by atoms with Gasteiger partial charge < -0.3 is 21.3 Å². The van der Waals surface area contributed by atoms with Crippen LogP contribution in [0.3, 0.4) is 0 Å². The maximum Gasteiger partial charge on any atom is 0.169 e. The molecule has 1 aliphatic rings. The third-order valence-electron chi connectivity index (χ3n) is 5.64. The molecule has 3 rings (SSSR count). The Morgan fingerprint density at radius 3 is 2.38 bits per heavy atom. The highest BCUT2D eigenvalue weighted by molar-refractivity contribution is 5.98. The molecule has 0 radical (unpaired) electrons. The van der Waals surface area contributed by atoms with Crippen molar-refractivity contribution in [3.8, 4) is 5.75 Å². The monoisotopic (exact) mass is 438 g/mol. The predicted molar refractivity (Wildman–Crippen MR) is 128 cm³/mol. The topological polar surface area (TPSA) is 145 Å². The fraction of sp³-hybridized carbons (Fsp3) is 0.391. The molecule has 1 saturated carbocycles. The second-order valence-electron chi connectivity index (χ2n) is 8.08. The molecule has 9 nitrogen and oxygen atoms in total. The molecule has 0 aliphatic heterocycles. The average Bonchev–Trinajstić information content (AvgIpc) is 2.80. The van der Waals surface area contributed by atoms with E-state index in [9.17, 15) is 0 Å². The number of hydrazine groups is 2. The highest BCUT2D eigenvalue weighted by Crippen LogP contribution is 2.26. The van der Waals surface area contributed by atoms with Crippen LogP contribution in [0.4, 0.5) is 0 Å². The summed E-state index contributed by atoms with van der Waals surface area (Å²) in [5.41, 5.74) is 9.65. The van der Waals surface area contributed by atoms with Gasteiger partial charge in [-0.3, -0.25) is 5.01 Å². The molecule has 0 saturated heterocycles. The van der Waals surface area contributed by atoms with Crippen molar-refractivity contribution in [2.24, 2.45) is 28.4 Å². The van der Waals surface area contributed by atoms with E-state index in [1.807, 2.05) is 49.4 Å². The summed E-state index contributed by atoms with van der Waals surface area (Å²) in [5, 5.41) is 6.69. The van der Waals surface area contributed by atoms with Gasteiger partial charge in [0.1, 0.15) is 5.75 Å². The molecule has 2 aromatic rings. The van der Waals surface area contributed by atoms with Crippen LogP contribution in [0.1, 0.15) is 49.1 Å². The summed E-state index contributed by atoms with van der Waals surface area (Å²) in [7, 11) is 1.70. The lowest BCUT2D eigenvalue weighted by Crippen LogP contribution is -2.44. The number of likely N-dealkylation sites (N-methyl/N-ethyl adjacent to an activating group) is 1. The summed E-state index contributed by atoms with van der Waals surface area (Å²) in [4.78, 5) is 4.67. The minimum absolute atomic E-state index is 0.185. The third kappa shape index (κ3) is 5.68. The molecule has 9 heteroatoms. The molecule has 0 bridgehead atoms. The van der Waals surface area contributed by atoms with Crippen molar-refractivity contribution in [2.75, 3.05) is 13.6 Å². The van der Waals surface area contributed by atoms with Gasteiger partial charge in [-0.1, -0.05) is 36.8 Å². The zero-order valence-electron chi connectivity index (χ0n) is 18.9. The number of hydrazone groups is 1. The molecule has 172 valence electrons. The van der Waals surface area contributed by atoms with Crippen molar-refractivity contribution in [1.29, 1.82) is 0 Å². The summed E-state index contributed by atoms with van der Waals surface area (Å²) >= 11 is 0. The lowest BCUT2D eigenvalue weighted by molar-refractivity contribution is 0.153. The van der Waals surface area contributed by atoms with Crippen LogP contribution in [-0.4, -0.2) is 40.5 Å². The minimum Gasteiger partial charge on any atom is -0.489 e. The Hall–Kier alpha value is -3.30. The quantitative estimate of drug-likeness (QED) is 0.222. The Bertz CT molecular complexity index is 952. The van der Waals surface area contributed by atoms with Crippen molar-refractivity contribution >= 4 is 11.5 Å². The van der Waals surface area contributed by atoms with Crippen LogP contribution in [0.2, 0.25) is 0 Å². The smallest absolute Gasteiger partial charge is 0.169 e. The average molecular weight is 439 g/mol. The Morgan fingerprint density at radius 2 is 1.78 bits per heavy atom. The zero-order chi connectivity index (χ0) is 23.1. The highest BCUT2D eigenvalue weighted by atomic mass is 16.5. The standard InChI is InChI=1S/C23H34N8O/c1-16-21(32-18-11-7-4-8-12-18)14-13-19(28-16)22(24)20(30(2)26)15-31(27)23(29-25)17-9-5-3-6-10-17/h3,5-6,9-10,13-14,18H,4,7-8,11-12,15,24-27H2,1-2H3/b22-20-,29-23-. The van der Waals surface area contributed by atoms with Crippen molar-refractivity contribution in [3.05, 3.63) is 65.1 Å². The molecular weight excluding hydrogens is 404 g/mol. The second kappa shape index (κ2) is 10.8. The van der Waals surface area contributed by atoms with Crippen LogP contribution < -0.4 is 28.0 Å². The molecule has 0 amide bonds. The van der Waals surface area contributed by atoms with Crippen LogP contribution in [0.25, 0.3) is 5.70 Å². The van der Waals surface area contributed by atoms with Gasteiger partial charge in [-0.25, -0.2) is 16.7 Å². The zero-order valence-corrected chi connectivity index (χ0v) is 18.9. The number of aryl methyl sites for hydroxylation is 1. The normalized spacial score (nSPS) is 15.8. The Kier molecular flexibility index (Phi) is 7.91. The van der Waals surface area contributed by atoms with Gasteiger partial charge in [0.05, 0.1) is 35.4 Å². The molecule has 1 aromatic carbocycles. The molecule has 1 aliphatic carbocycles. The van der Waals surface area contributed by atoms with E-state index < -0.39 is 0 Å². The Balaban J connectivity index is 1.81. The van der Waals surface area contributed by atoms with Gasteiger partial charge in [-0.05, 0) is 44.7 Å². The fourth-order valence-electron chi connectivity index (χ4n) is 3.86. The van der Waals surface area contributed by atoms with Gasteiger partial charge in [-0.2, -0.15) is 5.10 Å². The van der Waals surface area contributed by atoms with Crippen molar-refractivity contribution in [3.63, 3.8) is 0 Å². The lowest BCUT2D eigenvalue weighted by Gasteiger charge is -2.27. The SMILES string of the molecule is Cc1nc(/C(N)=C(\CN(N)/C(=N\N)c2ccccc2)N(C)N)ccc1OC1CCCCC1. The maximum absolute atomic E-state index is 6.47.